The molecule has 1 aromatic heterocycles. The van der Waals surface area contributed by atoms with Gasteiger partial charge in [0.2, 0.25) is 0 Å². The number of hydrogen-bond donors (Lipinski definition) is 2. The zero-order valence-electron chi connectivity index (χ0n) is 11.0. The predicted octanol–water partition coefficient (Wildman–Crippen LogP) is 3.20. The molecule has 0 aliphatic heterocycles. The summed E-state index contributed by atoms with van der Waals surface area (Å²) in [5.74, 6) is -0.424. The highest BCUT2D eigenvalue weighted by molar-refractivity contribution is 6.09. The molecular formula is C16H14N2O2. The first-order valence-corrected chi connectivity index (χ1v) is 6.25. The van der Waals surface area contributed by atoms with Gasteiger partial charge in [-0.3, -0.25) is 0 Å². The molecule has 4 heteroatoms. The van der Waals surface area contributed by atoms with Crippen LogP contribution in [0.25, 0.3) is 22.2 Å². The van der Waals surface area contributed by atoms with Gasteiger partial charge in [-0.25, -0.2) is 4.79 Å². The second-order valence-corrected chi connectivity index (χ2v) is 4.53. The minimum atomic E-state index is -0.424. The maximum Gasteiger partial charge on any atom is 0.340 e. The van der Waals surface area contributed by atoms with E-state index in [2.05, 4.69) is 4.98 Å². The highest BCUT2D eigenvalue weighted by Gasteiger charge is 2.16. The molecule has 2 aromatic carbocycles. The summed E-state index contributed by atoms with van der Waals surface area (Å²) in [5, 5.41) is 0.774. The van der Waals surface area contributed by atoms with Crippen molar-refractivity contribution in [2.75, 3.05) is 12.8 Å². The SMILES string of the molecule is COC(=O)c1c(N)ccc2[nH]c(-c3ccccc3)cc12. The molecular weight excluding hydrogens is 252 g/mol. The number of hydrogen-bond acceptors (Lipinski definition) is 3. The van der Waals surface area contributed by atoms with E-state index in [4.69, 9.17) is 10.5 Å². The van der Waals surface area contributed by atoms with E-state index in [1.165, 1.54) is 7.11 Å². The van der Waals surface area contributed by atoms with Crippen LogP contribution in [0.5, 0.6) is 0 Å². The van der Waals surface area contributed by atoms with Crippen LogP contribution in [0.15, 0.2) is 48.5 Å². The van der Waals surface area contributed by atoms with E-state index in [-0.39, 0.29) is 0 Å². The third-order valence-corrected chi connectivity index (χ3v) is 3.31. The number of aromatic nitrogens is 1. The Balaban J connectivity index is 2.24. The van der Waals surface area contributed by atoms with Crippen LogP contribution < -0.4 is 5.73 Å². The number of anilines is 1. The van der Waals surface area contributed by atoms with E-state index in [1.807, 2.05) is 42.5 Å². The first-order chi connectivity index (χ1) is 9.70. The molecule has 0 radical (unpaired) electrons. The molecule has 0 saturated carbocycles. The van der Waals surface area contributed by atoms with Crippen LogP contribution in [-0.2, 0) is 4.74 Å². The molecule has 0 spiro atoms. The Morgan fingerprint density at radius 2 is 1.90 bits per heavy atom. The van der Waals surface area contributed by atoms with Crippen LogP contribution in [0.2, 0.25) is 0 Å². The molecule has 1 heterocycles. The highest BCUT2D eigenvalue weighted by atomic mass is 16.5. The van der Waals surface area contributed by atoms with Crippen molar-refractivity contribution in [2.24, 2.45) is 0 Å². The lowest BCUT2D eigenvalue weighted by atomic mass is 10.1. The van der Waals surface area contributed by atoms with Crippen LogP contribution in [0, 0.1) is 0 Å². The van der Waals surface area contributed by atoms with E-state index < -0.39 is 5.97 Å². The van der Waals surface area contributed by atoms with Crippen LogP contribution in [0.1, 0.15) is 10.4 Å². The summed E-state index contributed by atoms with van der Waals surface area (Å²) in [4.78, 5) is 15.2. The summed E-state index contributed by atoms with van der Waals surface area (Å²) in [5.41, 5.74) is 9.58. The van der Waals surface area contributed by atoms with E-state index in [1.54, 1.807) is 6.07 Å². The Morgan fingerprint density at radius 1 is 1.15 bits per heavy atom. The van der Waals surface area contributed by atoms with Gasteiger partial charge in [-0.05, 0) is 23.8 Å². The molecule has 0 aliphatic rings. The molecule has 3 rings (SSSR count). The molecule has 100 valence electrons. The van der Waals surface area contributed by atoms with Gasteiger partial charge in [0, 0.05) is 22.3 Å². The minimum Gasteiger partial charge on any atom is -0.465 e. The van der Waals surface area contributed by atoms with Gasteiger partial charge in [-0.2, -0.15) is 0 Å². The largest absolute Gasteiger partial charge is 0.465 e. The molecule has 0 unspecified atom stereocenters. The molecule has 0 amide bonds. The number of nitrogens with one attached hydrogen (secondary N) is 1. The lowest BCUT2D eigenvalue weighted by molar-refractivity contribution is 0.0604. The maximum atomic E-state index is 11.9. The summed E-state index contributed by atoms with van der Waals surface area (Å²) >= 11 is 0. The standard InChI is InChI=1S/C16H14N2O2/c1-20-16(19)15-11-9-14(10-5-3-2-4-6-10)18-13(11)8-7-12(15)17/h2-9,18H,17H2,1H3. The Hall–Kier alpha value is -2.75. The first kappa shape index (κ1) is 12.3. The maximum absolute atomic E-state index is 11.9. The van der Waals surface area contributed by atoms with Crippen LogP contribution >= 0.6 is 0 Å². The monoisotopic (exact) mass is 266 g/mol. The number of nitrogens with two attached hydrogens (primary N) is 1. The Morgan fingerprint density at radius 3 is 2.60 bits per heavy atom. The molecule has 0 bridgehead atoms. The number of carbonyl (C=O) groups is 1. The molecule has 0 aliphatic carbocycles. The summed E-state index contributed by atoms with van der Waals surface area (Å²) in [6.45, 7) is 0. The number of ether oxygens (including phenoxy) is 1. The van der Waals surface area contributed by atoms with Crippen molar-refractivity contribution >= 4 is 22.6 Å². The number of nitrogen functional groups attached to an aromatic ring is 1. The van der Waals surface area contributed by atoms with Gasteiger partial charge < -0.3 is 15.5 Å². The van der Waals surface area contributed by atoms with Gasteiger partial charge in [0.15, 0.2) is 0 Å². The predicted molar refractivity (Wildman–Crippen MR) is 79.5 cm³/mol. The summed E-state index contributed by atoms with van der Waals surface area (Å²) in [6, 6.07) is 15.4. The first-order valence-electron chi connectivity index (χ1n) is 6.25. The Kier molecular flexibility index (Phi) is 2.91. The summed E-state index contributed by atoms with van der Waals surface area (Å²) in [7, 11) is 1.35. The van der Waals surface area contributed by atoms with Gasteiger partial charge in [0.25, 0.3) is 0 Å². The van der Waals surface area contributed by atoms with Crippen LogP contribution in [-0.4, -0.2) is 18.1 Å². The lowest BCUT2D eigenvalue weighted by Crippen LogP contribution is -2.05. The number of rotatable bonds is 2. The van der Waals surface area contributed by atoms with Gasteiger partial charge >= 0.3 is 5.97 Å². The van der Waals surface area contributed by atoms with E-state index >= 15 is 0 Å². The number of esters is 1. The molecule has 3 N–H and O–H groups in total. The van der Waals surface area contributed by atoms with Crippen LogP contribution in [0.3, 0.4) is 0 Å². The van der Waals surface area contributed by atoms with Gasteiger partial charge in [0.1, 0.15) is 0 Å². The van der Waals surface area contributed by atoms with Crippen molar-refractivity contribution in [1.82, 2.24) is 4.98 Å². The molecule has 0 atom stereocenters. The number of aromatic amines is 1. The van der Waals surface area contributed by atoms with E-state index in [0.717, 1.165) is 22.2 Å². The van der Waals surface area contributed by atoms with E-state index in [0.29, 0.717) is 11.3 Å². The van der Waals surface area contributed by atoms with Crippen molar-refractivity contribution in [2.45, 2.75) is 0 Å². The number of benzene rings is 2. The van der Waals surface area contributed by atoms with Crippen molar-refractivity contribution in [3.63, 3.8) is 0 Å². The number of fused-ring (bicyclic) bond motifs is 1. The van der Waals surface area contributed by atoms with E-state index in [9.17, 15) is 4.79 Å². The molecule has 0 saturated heterocycles. The number of methoxy groups -OCH3 is 1. The minimum absolute atomic E-state index is 0.406. The quantitative estimate of drug-likeness (QED) is 0.553. The molecule has 3 aromatic rings. The third-order valence-electron chi connectivity index (χ3n) is 3.31. The van der Waals surface area contributed by atoms with Crippen molar-refractivity contribution in [3.05, 3.63) is 54.1 Å². The fourth-order valence-corrected chi connectivity index (χ4v) is 2.32. The smallest absolute Gasteiger partial charge is 0.340 e. The highest BCUT2D eigenvalue weighted by Crippen LogP contribution is 2.29. The zero-order chi connectivity index (χ0) is 14.1. The van der Waals surface area contributed by atoms with Crippen LogP contribution in [0.4, 0.5) is 5.69 Å². The molecule has 0 fully saturated rings. The third kappa shape index (κ3) is 1.91. The zero-order valence-corrected chi connectivity index (χ0v) is 11.0. The number of carbonyl (C=O) groups excluding carboxylic acids is 1. The Labute approximate surface area is 116 Å². The summed E-state index contributed by atoms with van der Waals surface area (Å²) in [6.07, 6.45) is 0. The number of H-pyrrole nitrogens is 1. The fourth-order valence-electron chi connectivity index (χ4n) is 2.32. The average molecular weight is 266 g/mol. The Bertz CT molecular complexity index is 776. The normalized spacial score (nSPS) is 10.7. The van der Waals surface area contributed by atoms with Crippen molar-refractivity contribution in [3.8, 4) is 11.3 Å². The fraction of sp³-hybridized carbons (Fsp3) is 0.0625. The van der Waals surface area contributed by atoms with Gasteiger partial charge in [-0.15, -0.1) is 0 Å². The molecule has 4 nitrogen and oxygen atoms in total. The second kappa shape index (κ2) is 4.74. The molecule has 20 heavy (non-hydrogen) atoms. The topological polar surface area (TPSA) is 68.1 Å². The van der Waals surface area contributed by atoms with Gasteiger partial charge in [-0.1, -0.05) is 30.3 Å². The van der Waals surface area contributed by atoms with Gasteiger partial charge in [0.05, 0.1) is 12.7 Å². The van der Waals surface area contributed by atoms with Crippen molar-refractivity contribution in [1.29, 1.82) is 0 Å². The average Bonchev–Trinajstić information content (AvgIpc) is 2.91. The summed E-state index contributed by atoms with van der Waals surface area (Å²) < 4.78 is 4.81. The lowest BCUT2D eigenvalue weighted by Gasteiger charge is -2.04. The van der Waals surface area contributed by atoms with Crippen molar-refractivity contribution < 1.29 is 9.53 Å². The second-order valence-electron chi connectivity index (χ2n) is 4.53.